The fraction of sp³-hybridized carbons (Fsp3) is 0.474. The highest BCUT2D eigenvalue weighted by molar-refractivity contribution is 5.88. The molecule has 0 saturated carbocycles. The smallest absolute Gasteiger partial charge is 0.226 e. The normalized spacial score (nSPS) is 20.5. The van der Waals surface area contributed by atoms with Crippen molar-refractivity contribution in [1.82, 2.24) is 20.2 Å². The third-order valence-electron chi connectivity index (χ3n) is 5.33. The Morgan fingerprint density at radius 2 is 2.04 bits per heavy atom. The molecular formula is C19H23N5O3. The number of benzene rings is 1. The lowest BCUT2D eigenvalue weighted by Gasteiger charge is -2.38. The molecule has 1 N–H and O–H groups in total. The van der Waals surface area contributed by atoms with Crippen LogP contribution in [0, 0.1) is 5.92 Å². The zero-order valence-corrected chi connectivity index (χ0v) is 15.4. The summed E-state index contributed by atoms with van der Waals surface area (Å²) in [4.78, 5) is 36.8. The Morgan fingerprint density at radius 3 is 2.78 bits per heavy atom. The van der Waals surface area contributed by atoms with E-state index in [0.29, 0.717) is 31.9 Å². The standard InChI is InChI=1S/C19H23N5O3/c1-27-18-15-11-14(2-3-16(15)21-12-22-18)23-6-8-24(9-7-23)19(26)13-4-5-20-17(25)10-13/h2-3,11-13H,4-10H2,1H3,(H,20,25). The van der Waals surface area contributed by atoms with Gasteiger partial charge in [0.15, 0.2) is 0 Å². The third kappa shape index (κ3) is 3.51. The Labute approximate surface area is 157 Å². The van der Waals surface area contributed by atoms with Gasteiger partial charge in [-0.25, -0.2) is 9.97 Å². The first kappa shape index (κ1) is 17.5. The quantitative estimate of drug-likeness (QED) is 0.862. The van der Waals surface area contributed by atoms with Gasteiger partial charge in [-0.1, -0.05) is 0 Å². The number of methoxy groups -OCH3 is 1. The van der Waals surface area contributed by atoms with Gasteiger partial charge in [0.2, 0.25) is 17.7 Å². The van der Waals surface area contributed by atoms with Crippen molar-refractivity contribution < 1.29 is 14.3 Å². The minimum Gasteiger partial charge on any atom is -0.480 e. The van der Waals surface area contributed by atoms with E-state index in [1.54, 1.807) is 7.11 Å². The van der Waals surface area contributed by atoms with Crippen molar-refractivity contribution in [2.24, 2.45) is 5.92 Å². The molecule has 1 aromatic carbocycles. The predicted molar refractivity (Wildman–Crippen MR) is 101 cm³/mol. The van der Waals surface area contributed by atoms with Crippen LogP contribution in [-0.4, -0.2) is 66.5 Å². The second kappa shape index (κ2) is 7.38. The Kier molecular flexibility index (Phi) is 4.79. The summed E-state index contributed by atoms with van der Waals surface area (Å²) in [5.74, 6) is 0.474. The third-order valence-corrected chi connectivity index (χ3v) is 5.33. The van der Waals surface area contributed by atoms with Crippen LogP contribution in [0.1, 0.15) is 12.8 Å². The number of amides is 2. The zero-order valence-electron chi connectivity index (χ0n) is 15.4. The van der Waals surface area contributed by atoms with Gasteiger partial charge in [0, 0.05) is 50.7 Å². The van der Waals surface area contributed by atoms with Gasteiger partial charge in [0.1, 0.15) is 6.33 Å². The second-order valence-electron chi connectivity index (χ2n) is 6.94. The molecule has 1 aromatic heterocycles. The number of nitrogens with one attached hydrogen (secondary N) is 1. The van der Waals surface area contributed by atoms with Gasteiger partial charge in [-0.15, -0.1) is 0 Å². The van der Waals surface area contributed by atoms with Crippen molar-refractivity contribution >= 4 is 28.4 Å². The minimum absolute atomic E-state index is 0.0226. The zero-order chi connectivity index (χ0) is 18.8. The van der Waals surface area contributed by atoms with E-state index in [-0.39, 0.29) is 17.7 Å². The highest BCUT2D eigenvalue weighted by atomic mass is 16.5. The Morgan fingerprint density at radius 1 is 1.22 bits per heavy atom. The maximum absolute atomic E-state index is 12.7. The first-order valence-electron chi connectivity index (χ1n) is 9.25. The van der Waals surface area contributed by atoms with Gasteiger partial charge in [-0.2, -0.15) is 0 Å². The van der Waals surface area contributed by atoms with Crippen LogP contribution in [0.25, 0.3) is 10.9 Å². The topological polar surface area (TPSA) is 87.7 Å². The minimum atomic E-state index is -0.174. The monoisotopic (exact) mass is 369 g/mol. The van der Waals surface area contributed by atoms with Crippen molar-refractivity contribution in [2.75, 3.05) is 44.7 Å². The Balaban J connectivity index is 1.44. The van der Waals surface area contributed by atoms with Crippen LogP contribution in [0.3, 0.4) is 0 Å². The number of hydrogen-bond acceptors (Lipinski definition) is 6. The van der Waals surface area contributed by atoms with E-state index in [1.807, 2.05) is 23.1 Å². The fourth-order valence-electron chi connectivity index (χ4n) is 3.82. The highest BCUT2D eigenvalue weighted by Crippen LogP contribution is 2.27. The van der Waals surface area contributed by atoms with Gasteiger partial charge in [-0.05, 0) is 24.6 Å². The second-order valence-corrected chi connectivity index (χ2v) is 6.94. The number of carbonyl (C=O) groups excluding carboxylic acids is 2. The first-order valence-corrected chi connectivity index (χ1v) is 9.25. The Hall–Kier alpha value is -2.90. The van der Waals surface area contributed by atoms with Crippen molar-refractivity contribution in [2.45, 2.75) is 12.8 Å². The number of nitrogens with zero attached hydrogens (tertiary/aromatic N) is 4. The molecule has 2 aliphatic rings. The molecule has 27 heavy (non-hydrogen) atoms. The molecule has 1 atom stereocenters. The van der Waals surface area contributed by atoms with Crippen LogP contribution >= 0.6 is 0 Å². The summed E-state index contributed by atoms with van der Waals surface area (Å²) < 4.78 is 5.34. The van der Waals surface area contributed by atoms with E-state index in [2.05, 4.69) is 20.2 Å². The highest BCUT2D eigenvalue weighted by Gasteiger charge is 2.31. The first-order chi connectivity index (χ1) is 13.2. The largest absolute Gasteiger partial charge is 0.480 e. The van der Waals surface area contributed by atoms with Crippen LogP contribution < -0.4 is 15.0 Å². The predicted octanol–water partition coefficient (Wildman–Crippen LogP) is 0.813. The molecule has 8 heteroatoms. The molecule has 2 fully saturated rings. The maximum Gasteiger partial charge on any atom is 0.226 e. The van der Waals surface area contributed by atoms with Gasteiger partial charge in [0.05, 0.1) is 18.0 Å². The van der Waals surface area contributed by atoms with Gasteiger partial charge >= 0.3 is 0 Å². The summed E-state index contributed by atoms with van der Waals surface area (Å²) in [6.07, 6.45) is 2.54. The van der Waals surface area contributed by atoms with Crippen molar-refractivity contribution in [3.05, 3.63) is 24.5 Å². The molecule has 4 rings (SSSR count). The molecule has 1 unspecified atom stereocenters. The molecule has 0 radical (unpaired) electrons. The summed E-state index contributed by atoms with van der Waals surface area (Å²) in [7, 11) is 1.60. The molecule has 2 aromatic rings. The van der Waals surface area contributed by atoms with Crippen molar-refractivity contribution in [3.63, 3.8) is 0 Å². The summed E-state index contributed by atoms with van der Waals surface area (Å²) in [5, 5.41) is 3.66. The summed E-state index contributed by atoms with van der Waals surface area (Å²) in [5.41, 5.74) is 1.91. The molecule has 8 nitrogen and oxygen atoms in total. The van der Waals surface area contributed by atoms with Crippen LogP contribution in [0.15, 0.2) is 24.5 Å². The fourth-order valence-corrected chi connectivity index (χ4v) is 3.82. The number of piperazine rings is 1. The number of hydrogen-bond donors (Lipinski definition) is 1. The number of ether oxygens (including phenoxy) is 1. The molecule has 142 valence electrons. The summed E-state index contributed by atoms with van der Waals surface area (Å²) in [6.45, 7) is 3.43. The number of aromatic nitrogens is 2. The average Bonchev–Trinajstić information content (AvgIpc) is 2.72. The SMILES string of the molecule is COc1ncnc2ccc(N3CCN(C(=O)C4CCNC(=O)C4)CC3)cc12. The number of anilines is 1. The number of rotatable bonds is 3. The van der Waals surface area contributed by atoms with Gasteiger partial charge in [0.25, 0.3) is 0 Å². The molecule has 0 bridgehead atoms. The van der Waals surface area contributed by atoms with Gasteiger partial charge in [-0.3, -0.25) is 9.59 Å². The van der Waals surface area contributed by atoms with Crippen molar-refractivity contribution in [3.8, 4) is 5.88 Å². The number of carbonyl (C=O) groups is 2. The maximum atomic E-state index is 12.7. The lowest BCUT2D eigenvalue weighted by Crippen LogP contribution is -2.52. The van der Waals surface area contributed by atoms with Gasteiger partial charge < -0.3 is 19.9 Å². The molecule has 2 saturated heterocycles. The van der Waals surface area contributed by atoms with E-state index >= 15 is 0 Å². The van der Waals surface area contributed by atoms with E-state index in [4.69, 9.17) is 4.74 Å². The lowest BCUT2D eigenvalue weighted by molar-refractivity contribution is -0.140. The van der Waals surface area contributed by atoms with Crippen molar-refractivity contribution in [1.29, 1.82) is 0 Å². The number of piperidine rings is 1. The molecular weight excluding hydrogens is 346 g/mol. The summed E-state index contributed by atoms with van der Waals surface area (Å²) >= 11 is 0. The van der Waals surface area contributed by atoms with E-state index < -0.39 is 0 Å². The average molecular weight is 369 g/mol. The van der Waals surface area contributed by atoms with Crippen LogP contribution in [0.5, 0.6) is 5.88 Å². The molecule has 2 aliphatic heterocycles. The van der Waals surface area contributed by atoms with Crippen LogP contribution in [-0.2, 0) is 9.59 Å². The van der Waals surface area contributed by atoms with E-state index in [1.165, 1.54) is 6.33 Å². The molecule has 0 aliphatic carbocycles. The Bertz CT molecular complexity index is 864. The molecule has 0 spiro atoms. The van der Waals surface area contributed by atoms with E-state index in [9.17, 15) is 9.59 Å². The summed E-state index contributed by atoms with van der Waals surface area (Å²) in [6, 6.07) is 6.04. The van der Waals surface area contributed by atoms with E-state index in [0.717, 1.165) is 36.1 Å². The number of fused-ring (bicyclic) bond motifs is 1. The molecule has 3 heterocycles. The van der Waals surface area contributed by atoms with Crippen LogP contribution in [0.2, 0.25) is 0 Å². The van der Waals surface area contributed by atoms with Crippen LogP contribution in [0.4, 0.5) is 5.69 Å². The molecule has 2 amide bonds. The lowest BCUT2D eigenvalue weighted by atomic mass is 9.95.